The van der Waals surface area contributed by atoms with E-state index in [4.69, 9.17) is 21.4 Å². The van der Waals surface area contributed by atoms with Gasteiger partial charge in [-0.3, -0.25) is 4.79 Å². The summed E-state index contributed by atoms with van der Waals surface area (Å²) in [5.74, 6) is -1.00. The van der Waals surface area contributed by atoms with Gasteiger partial charge in [0.15, 0.2) is 6.10 Å². The van der Waals surface area contributed by atoms with Crippen LogP contribution >= 0.6 is 11.6 Å². The summed E-state index contributed by atoms with van der Waals surface area (Å²) in [4.78, 5) is 22.5. The number of halogens is 1. The fraction of sp³-hybridized carbons (Fsp3) is 0.429. The highest BCUT2D eigenvalue weighted by molar-refractivity contribution is 6.32. The number of hydrogen-bond donors (Lipinski definition) is 2. The van der Waals surface area contributed by atoms with E-state index in [0.717, 1.165) is 12.8 Å². The first-order chi connectivity index (χ1) is 9.45. The predicted molar refractivity (Wildman–Crippen MR) is 76.4 cm³/mol. The van der Waals surface area contributed by atoms with Crippen LogP contribution in [0.2, 0.25) is 5.02 Å². The Morgan fingerprint density at radius 3 is 2.70 bits per heavy atom. The van der Waals surface area contributed by atoms with Crippen LogP contribution in [0.4, 0.5) is 0 Å². The lowest BCUT2D eigenvalue weighted by Crippen LogP contribution is -2.36. The minimum Gasteiger partial charge on any atom is -0.479 e. The summed E-state index contributed by atoms with van der Waals surface area (Å²) >= 11 is 5.93. The van der Waals surface area contributed by atoms with Crippen LogP contribution in [0.5, 0.6) is 5.75 Å². The molecule has 1 aromatic carbocycles. The zero-order chi connectivity index (χ0) is 15.1. The third-order valence-corrected chi connectivity index (χ3v) is 2.98. The highest BCUT2D eigenvalue weighted by Crippen LogP contribution is 2.26. The van der Waals surface area contributed by atoms with Gasteiger partial charge in [-0.1, -0.05) is 24.9 Å². The van der Waals surface area contributed by atoms with Crippen LogP contribution < -0.4 is 10.1 Å². The van der Waals surface area contributed by atoms with Crippen LogP contribution in [0.1, 0.15) is 37.0 Å². The number of carboxylic acid groups (broad SMARTS) is 1. The summed E-state index contributed by atoms with van der Waals surface area (Å²) in [6.45, 7) is 4.26. The number of benzene rings is 1. The molecule has 1 atom stereocenters. The SMILES string of the molecule is CCCCNC(=O)C(C)Oc1ccc(C(=O)O)cc1Cl. The van der Waals surface area contributed by atoms with Crippen molar-refractivity contribution in [2.24, 2.45) is 0 Å². The monoisotopic (exact) mass is 299 g/mol. The smallest absolute Gasteiger partial charge is 0.335 e. The van der Waals surface area contributed by atoms with Crippen molar-refractivity contribution >= 4 is 23.5 Å². The maximum absolute atomic E-state index is 11.7. The molecule has 1 rings (SSSR count). The van der Waals surface area contributed by atoms with Crippen LogP contribution in [0.25, 0.3) is 0 Å². The summed E-state index contributed by atoms with van der Waals surface area (Å²) in [6, 6.07) is 4.12. The molecule has 1 amide bonds. The van der Waals surface area contributed by atoms with Gasteiger partial charge in [-0.2, -0.15) is 0 Å². The lowest BCUT2D eigenvalue weighted by molar-refractivity contribution is -0.127. The predicted octanol–water partition coefficient (Wildman–Crippen LogP) is 2.72. The summed E-state index contributed by atoms with van der Waals surface area (Å²) in [5.41, 5.74) is 0.0717. The highest BCUT2D eigenvalue weighted by atomic mass is 35.5. The third kappa shape index (κ3) is 4.74. The number of rotatable bonds is 7. The fourth-order valence-corrected chi connectivity index (χ4v) is 1.73. The lowest BCUT2D eigenvalue weighted by atomic mass is 10.2. The second-order valence-electron chi connectivity index (χ2n) is 4.36. The molecule has 0 bridgehead atoms. The van der Waals surface area contributed by atoms with Gasteiger partial charge >= 0.3 is 5.97 Å². The zero-order valence-corrected chi connectivity index (χ0v) is 12.2. The topological polar surface area (TPSA) is 75.6 Å². The Labute approximate surface area is 122 Å². The maximum atomic E-state index is 11.7. The van der Waals surface area contributed by atoms with Crippen molar-refractivity contribution in [3.8, 4) is 5.75 Å². The van der Waals surface area contributed by atoms with Crippen LogP contribution in [-0.2, 0) is 4.79 Å². The van der Waals surface area contributed by atoms with Crippen LogP contribution in [0, 0.1) is 0 Å². The second kappa shape index (κ2) is 7.75. The molecule has 6 heteroatoms. The van der Waals surface area contributed by atoms with Crippen molar-refractivity contribution < 1.29 is 19.4 Å². The summed E-state index contributed by atoms with van der Waals surface area (Å²) in [7, 11) is 0. The summed E-state index contributed by atoms with van der Waals surface area (Å²) in [6.07, 6.45) is 1.21. The first-order valence-corrected chi connectivity index (χ1v) is 6.80. The number of aromatic carboxylic acids is 1. The molecule has 0 heterocycles. The van der Waals surface area contributed by atoms with Gasteiger partial charge in [-0.05, 0) is 31.5 Å². The molecular formula is C14H18ClNO4. The summed E-state index contributed by atoms with van der Waals surface area (Å²) in [5, 5.41) is 11.7. The highest BCUT2D eigenvalue weighted by Gasteiger charge is 2.16. The van der Waals surface area contributed by atoms with Gasteiger partial charge in [0.25, 0.3) is 5.91 Å². The molecule has 0 saturated heterocycles. The van der Waals surface area contributed by atoms with Gasteiger partial charge in [0.2, 0.25) is 0 Å². The Morgan fingerprint density at radius 1 is 1.45 bits per heavy atom. The molecule has 0 aliphatic heterocycles. The lowest BCUT2D eigenvalue weighted by Gasteiger charge is -2.15. The largest absolute Gasteiger partial charge is 0.479 e. The molecule has 2 N–H and O–H groups in total. The van der Waals surface area contributed by atoms with Crippen LogP contribution in [0.15, 0.2) is 18.2 Å². The first kappa shape index (κ1) is 16.3. The number of carbonyl (C=O) groups is 2. The minimum atomic E-state index is -1.07. The fourth-order valence-electron chi connectivity index (χ4n) is 1.51. The minimum absolute atomic E-state index is 0.0717. The number of unbranched alkanes of at least 4 members (excludes halogenated alkanes) is 1. The van der Waals surface area contributed by atoms with E-state index in [1.807, 2.05) is 6.92 Å². The van der Waals surface area contributed by atoms with Gasteiger partial charge in [-0.15, -0.1) is 0 Å². The quantitative estimate of drug-likeness (QED) is 0.759. The van der Waals surface area contributed by atoms with E-state index in [0.29, 0.717) is 6.54 Å². The number of carbonyl (C=O) groups excluding carboxylic acids is 1. The number of nitrogens with one attached hydrogen (secondary N) is 1. The number of ether oxygens (including phenoxy) is 1. The van der Waals surface area contributed by atoms with Gasteiger partial charge in [0.05, 0.1) is 10.6 Å². The van der Waals surface area contributed by atoms with Crippen molar-refractivity contribution in [2.45, 2.75) is 32.8 Å². The van der Waals surface area contributed by atoms with E-state index in [-0.39, 0.29) is 22.2 Å². The maximum Gasteiger partial charge on any atom is 0.335 e. The number of carboxylic acids is 1. The van der Waals surface area contributed by atoms with Crippen molar-refractivity contribution in [3.63, 3.8) is 0 Å². The third-order valence-electron chi connectivity index (χ3n) is 2.68. The molecule has 0 saturated carbocycles. The molecule has 0 aromatic heterocycles. The zero-order valence-electron chi connectivity index (χ0n) is 11.5. The van der Waals surface area contributed by atoms with E-state index in [2.05, 4.69) is 5.32 Å². The Bertz CT molecular complexity index is 490. The second-order valence-corrected chi connectivity index (χ2v) is 4.76. The van der Waals surface area contributed by atoms with Crippen molar-refractivity contribution in [2.75, 3.05) is 6.54 Å². The molecule has 0 radical (unpaired) electrons. The van der Waals surface area contributed by atoms with Crippen molar-refractivity contribution in [1.29, 1.82) is 0 Å². The molecular weight excluding hydrogens is 282 g/mol. The average molecular weight is 300 g/mol. The number of hydrogen-bond acceptors (Lipinski definition) is 3. The standard InChI is InChI=1S/C14H18ClNO4/c1-3-4-7-16-13(17)9(2)20-12-6-5-10(14(18)19)8-11(12)15/h5-6,8-9H,3-4,7H2,1-2H3,(H,16,17)(H,18,19). The van der Waals surface area contributed by atoms with Crippen LogP contribution in [-0.4, -0.2) is 29.6 Å². The van der Waals surface area contributed by atoms with E-state index < -0.39 is 12.1 Å². The molecule has 20 heavy (non-hydrogen) atoms. The van der Waals surface area contributed by atoms with Gasteiger partial charge in [0.1, 0.15) is 5.75 Å². The van der Waals surface area contributed by atoms with Crippen molar-refractivity contribution in [1.82, 2.24) is 5.32 Å². The molecule has 5 nitrogen and oxygen atoms in total. The molecule has 1 aromatic rings. The summed E-state index contributed by atoms with van der Waals surface area (Å²) < 4.78 is 5.44. The van der Waals surface area contributed by atoms with Gasteiger partial charge in [0, 0.05) is 6.54 Å². The Hall–Kier alpha value is -1.75. The first-order valence-electron chi connectivity index (χ1n) is 6.43. The average Bonchev–Trinajstić information content (AvgIpc) is 2.40. The molecule has 1 unspecified atom stereocenters. The van der Waals surface area contributed by atoms with E-state index in [1.165, 1.54) is 18.2 Å². The molecule has 0 fully saturated rings. The Kier molecular flexibility index (Phi) is 6.31. The van der Waals surface area contributed by atoms with Crippen molar-refractivity contribution in [3.05, 3.63) is 28.8 Å². The Morgan fingerprint density at radius 2 is 2.15 bits per heavy atom. The molecule has 110 valence electrons. The molecule has 0 spiro atoms. The van der Waals surface area contributed by atoms with Gasteiger partial charge < -0.3 is 15.2 Å². The van der Waals surface area contributed by atoms with E-state index >= 15 is 0 Å². The molecule has 0 aliphatic carbocycles. The van der Waals surface area contributed by atoms with E-state index in [1.54, 1.807) is 6.92 Å². The van der Waals surface area contributed by atoms with Gasteiger partial charge in [-0.25, -0.2) is 4.79 Å². The van der Waals surface area contributed by atoms with E-state index in [9.17, 15) is 9.59 Å². The molecule has 0 aliphatic rings. The number of amides is 1. The van der Waals surface area contributed by atoms with Crippen LogP contribution in [0.3, 0.4) is 0 Å². The Balaban J connectivity index is 2.63. The normalized spacial score (nSPS) is 11.8.